The number of thiazole rings is 1. The van der Waals surface area contributed by atoms with Gasteiger partial charge in [0.05, 0.1) is 5.69 Å². The van der Waals surface area contributed by atoms with Crippen molar-refractivity contribution in [1.29, 1.82) is 0 Å². The molecule has 0 spiro atoms. The highest BCUT2D eigenvalue weighted by atomic mass is 32.1. The molecule has 30 heavy (non-hydrogen) atoms. The largest absolute Gasteiger partial charge is 0.362 e. The Labute approximate surface area is 181 Å². The van der Waals surface area contributed by atoms with E-state index in [1.807, 2.05) is 19.9 Å². The van der Waals surface area contributed by atoms with Crippen molar-refractivity contribution >= 4 is 22.4 Å². The van der Waals surface area contributed by atoms with E-state index in [1.54, 1.807) is 0 Å². The Morgan fingerprint density at radius 3 is 2.83 bits per heavy atom. The van der Waals surface area contributed by atoms with Crippen LogP contribution in [0.25, 0.3) is 0 Å². The Morgan fingerprint density at radius 2 is 2.03 bits per heavy atom. The van der Waals surface area contributed by atoms with Crippen LogP contribution in [0.2, 0.25) is 0 Å². The molecule has 0 aliphatic carbocycles. The van der Waals surface area contributed by atoms with E-state index in [2.05, 4.69) is 54.6 Å². The average molecular weight is 425 g/mol. The molecule has 0 fully saturated rings. The molecule has 1 aromatic carbocycles. The molecule has 0 saturated heterocycles. The quantitative estimate of drug-likeness (QED) is 0.607. The van der Waals surface area contributed by atoms with Crippen molar-refractivity contribution in [1.82, 2.24) is 25.1 Å². The van der Waals surface area contributed by atoms with Crippen LogP contribution in [0, 0.1) is 6.92 Å². The van der Waals surface area contributed by atoms with Crippen molar-refractivity contribution < 1.29 is 4.79 Å². The molecular formula is C22H28N6OS. The van der Waals surface area contributed by atoms with Crippen molar-refractivity contribution in [2.75, 3.05) is 11.9 Å². The normalized spacial score (nSPS) is 16.0. The van der Waals surface area contributed by atoms with Crippen molar-refractivity contribution in [3.8, 4) is 0 Å². The van der Waals surface area contributed by atoms with Gasteiger partial charge in [-0.15, -0.1) is 10.2 Å². The maximum atomic E-state index is 12.8. The minimum atomic E-state index is -0.0267. The third-order valence-electron chi connectivity index (χ3n) is 5.47. The lowest BCUT2D eigenvalue weighted by Crippen LogP contribution is -2.35. The number of nitrogens with zero attached hydrogens (tertiary/aromatic N) is 4. The molecule has 2 N–H and O–H groups in total. The molecule has 8 heteroatoms. The number of fused-ring (bicyclic) bond motifs is 1. The van der Waals surface area contributed by atoms with Crippen LogP contribution in [0.3, 0.4) is 0 Å². The van der Waals surface area contributed by atoms with Crippen LogP contribution in [0.4, 0.5) is 5.13 Å². The van der Waals surface area contributed by atoms with Gasteiger partial charge in [-0.1, -0.05) is 41.7 Å². The van der Waals surface area contributed by atoms with Gasteiger partial charge >= 0.3 is 0 Å². The summed E-state index contributed by atoms with van der Waals surface area (Å²) in [5.41, 5.74) is 2.09. The second-order valence-corrected chi connectivity index (χ2v) is 8.63. The maximum absolute atomic E-state index is 12.8. The molecule has 1 atom stereocenters. The summed E-state index contributed by atoms with van der Waals surface area (Å²) < 4.78 is 2.25. The van der Waals surface area contributed by atoms with E-state index >= 15 is 0 Å². The van der Waals surface area contributed by atoms with Crippen molar-refractivity contribution in [3.63, 3.8) is 0 Å². The Kier molecular flexibility index (Phi) is 6.42. The van der Waals surface area contributed by atoms with Gasteiger partial charge in [0.25, 0.3) is 5.91 Å². The van der Waals surface area contributed by atoms with Crippen molar-refractivity contribution in [3.05, 3.63) is 58.1 Å². The van der Waals surface area contributed by atoms with Crippen LogP contribution in [0.1, 0.15) is 52.3 Å². The summed E-state index contributed by atoms with van der Waals surface area (Å²) in [6, 6.07) is 10.6. The van der Waals surface area contributed by atoms with Gasteiger partial charge in [0.2, 0.25) is 0 Å². The lowest BCUT2D eigenvalue weighted by molar-refractivity contribution is 0.0936. The number of carbonyl (C=O) groups excluding carboxylic acids is 1. The van der Waals surface area contributed by atoms with E-state index < -0.39 is 0 Å². The fourth-order valence-electron chi connectivity index (χ4n) is 3.86. The number of aromatic nitrogens is 4. The monoisotopic (exact) mass is 424 g/mol. The summed E-state index contributed by atoms with van der Waals surface area (Å²) in [5.74, 6) is 2.04. The minimum Gasteiger partial charge on any atom is -0.362 e. The van der Waals surface area contributed by atoms with E-state index in [-0.39, 0.29) is 11.9 Å². The Balaban J connectivity index is 1.36. The van der Waals surface area contributed by atoms with Crippen LogP contribution in [-0.2, 0) is 25.8 Å². The Morgan fingerprint density at radius 1 is 1.20 bits per heavy atom. The first-order valence-electron chi connectivity index (χ1n) is 10.6. The van der Waals surface area contributed by atoms with Crippen LogP contribution in [-0.4, -0.2) is 38.2 Å². The number of hydrogen-bond acceptors (Lipinski definition) is 6. The van der Waals surface area contributed by atoms with Crippen molar-refractivity contribution in [2.24, 2.45) is 0 Å². The van der Waals surface area contributed by atoms with Crippen LogP contribution in [0.15, 0.2) is 30.3 Å². The van der Waals surface area contributed by atoms with Gasteiger partial charge < -0.3 is 15.2 Å². The van der Waals surface area contributed by atoms with Gasteiger partial charge in [0.15, 0.2) is 5.13 Å². The molecule has 0 radical (unpaired) electrons. The third kappa shape index (κ3) is 4.70. The number of hydrogen-bond donors (Lipinski definition) is 2. The zero-order valence-electron chi connectivity index (χ0n) is 17.5. The van der Waals surface area contributed by atoms with E-state index in [0.29, 0.717) is 4.88 Å². The summed E-state index contributed by atoms with van der Waals surface area (Å²) in [4.78, 5) is 17.9. The lowest BCUT2D eigenvalue weighted by Gasteiger charge is -2.15. The van der Waals surface area contributed by atoms with Gasteiger partial charge in [0.1, 0.15) is 16.5 Å². The molecular weight excluding hydrogens is 396 g/mol. The van der Waals surface area contributed by atoms with Gasteiger partial charge in [0, 0.05) is 32.0 Å². The fraction of sp³-hybridized carbons (Fsp3) is 0.455. The standard InChI is InChI=1S/C22H28N6OS/c1-3-23-22-24-15(2)20(30-22)21(29)25-17-10-12-19-27-26-18(28(19)14-13-17)11-9-16-7-5-4-6-8-16/h4-8,17H,3,9-14H2,1-2H3,(H,23,24)(H,25,29). The van der Waals surface area contributed by atoms with E-state index in [4.69, 9.17) is 0 Å². The zero-order valence-corrected chi connectivity index (χ0v) is 18.3. The molecule has 0 saturated carbocycles. The van der Waals surface area contributed by atoms with E-state index in [0.717, 1.165) is 67.7 Å². The third-order valence-corrected chi connectivity index (χ3v) is 6.58. The van der Waals surface area contributed by atoms with Gasteiger partial charge in [-0.05, 0) is 38.7 Å². The van der Waals surface area contributed by atoms with E-state index in [9.17, 15) is 4.79 Å². The molecule has 1 aliphatic rings. The molecule has 1 amide bonds. The summed E-state index contributed by atoms with van der Waals surface area (Å²) >= 11 is 1.42. The topological polar surface area (TPSA) is 84.7 Å². The highest BCUT2D eigenvalue weighted by Gasteiger charge is 2.23. The summed E-state index contributed by atoms with van der Waals surface area (Å²) in [6.07, 6.45) is 4.42. The SMILES string of the molecule is CCNc1nc(C)c(C(=O)NC2CCc3nnc(CCc4ccccc4)n3CC2)s1. The van der Waals surface area contributed by atoms with Gasteiger partial charge in [-0.3, -0.25) is 4.79 Å². The second kappa shape index (κ2) is 9.38. The number of benzene rings is 1. The smallest absolute Gasteiger partial charge is 0.263 e. The number of carbonyl (C=O) groups is 1. The van der Waals surface area contributed by atoms with Crippen LogP contribution in [0.5, 0.6) is 0 Å². The molecule has 2 aromatic heterocycles. The molecule has 158 valence electrons. The predicted molar refractivity (Wildman–Crippen MR) is 119 cm³/mol. The second-order valence-electron chi connectivity index (χ2n) is 7.63. The minimum absolute atomic E-state index is 0.0267. The molecule has 4 rings (SSSR count). The molecule has 1 unspecified atom stereocenters. The maximum Gasteiger partial charge on any atom is 0.263 e. The number of aryl methyl sites for hydroxylation is 4. The number of rotatable bonds is 7. The summed E-state index contributed by atoms with van der Waals surface area (Å²) in [7, 11) is 0. The lowest BCUT2D eigenvalue weighted by atomic mass is 10.1. The summed E-state index contributed by atoms with van der Waals surface area (Å²) in [6.45, 7) is 5.54. The molecule has 3 aromatic rings. The number of amides is 1. The predicted octanol–water partition coefficient (Wildman–Crippen LogP) is 3.39. The number of anilines is 1. The molecule has 3 heterocycles. The molecule has 0 bridgehead atoms. The highest BCUT2D eigenvalue weighted by Crippen LogP contribution is 2.23. The summed E-state index contributed by atoms with van der Waals surface area (Å²) in [5, 5.41) is 16.1. The first-order chi connectivity index (χ1) is 14.6. The molecule has 7 nitrogen and oxygen atoms in total. The first kappa shape index (κ1) is 20.5. The first-order valence-corrected chi connectivity index (χ1v) is 11.4. The molecule has 1 aliphatic heterocycles. The average Bonchev–Trinajstić information content (AvgIpc) is 3.25. The zero-order chi connectivity index (χ0) is 20.9. The van der Waals surface area contributed by atoms with E-state index in [1.165, 1.54) is 16.9 Å². The fourth-order valence-corrected chi connectivity index (χ4v) is 4.80. The van der Waals surface area contributed by atoms with Crippen LogP contribution < -0.4 is 10.6 Å². The van der Waals surface area contributed by atoms with Crippen molar-refractivity contribution in [2.45, 2.75) is 58.5 Å². The highest BCUT2D eigenvalue weighted by molar-refractivity contribution is 7.17. The number of nitrogens with one attached hydrogen (secondary N) is 2. The van der Waals surface area contributed by atoms with Crippen LogP contribution >= 0.6 is 11.3 Å². The van der Waals surface area contributed by atoms with Gasteiger partial charge in [-0.2, -0.15) is 0 Å². The Bertz CT molecular complexity index is 996. The Hall–Kier alpha value is -2.74. The van der Waals surface area contributed by atoms with Gasteiger partial charge in [-0.25, -0.2) is 4.98 Å².